The zero-order chi connectivity index (χ0) is 24.9. The molecule has 188 valence electrons. The fourth-order valence-corrected chi connectivity index (χ4v) is 4.83. The molecule has 1 N–H and O–H groups in total. The highest BCUT2D eigenvalue weighted by Gasteiger charge is 2.44. The van der Waals surface area contributed by atoms with E-state index in [0.29, 0.717) is 32.6 Å². The number of carbonyl (C=O) groups excluding carboxylic acids is 4. The van der Waals surface area contributed by atoms with Crippen LogP contribution in [0.5, 0.6) is 0 Å². The van der Waals surface area contributed by atoms with Crippen LogP contribution in [0.3, 0.4) is 0 Å². The summed E-state index contributed by atoms with van der Waals surface area (Å²) in [5, 5.41) is 2.99. The summed E-state index contributed by atoms with van der Waals surface area (Å²) in [6.07, 6.45) is 7.19. The van der Waals surface area contributed by atoms with Crippen LogP contribution < -0.4 is 5.32 Å². The molecule has 1 aliphatic carbocycles. The third-order valence-corrected chi connectivity index (χ3v) is 7.23. The minimum atomic E-state index is -0.747. The van der Waals surface area contributed by atoms with Gasteiger partial charge in [0, 0.05) is 38.4 Å². The van der Waals surface area contributed by atoms with Crippen LogP contribution in [0.1, 0.15) is 43.2 Å². The Bertz CT molecular complexity index is 1030. The number of anilines is 1. The van der Waals surface area contributed by atoms with E-state index in [1.807, 2.05) is 36.9 Å². The summed E-state index contributed by atoms with van der Waals surface area (Å²) in [7, 11) is 0. The smallest absolute Gasteiger partial charge is 0.325 e. The first-order valence-corrected chi connectivity index (χ1v) is 12.5. The Hall–Kier alpha value is -3.04. The maximum atomic E-state index is 12.8. The molecule has 2 aliphatic heterocycles. The van der Waals surface area contributed by atoms with Crippen LogP contribution in [0.25, 0.3) is 0 Å². The molecule has 2 heterocycles. The van der Waals surface area contributed by atoms with Crippen molar-refractivity contribution in [1.29, 1.82) is 0 Å². The predicted molar refractivity (Wildman–Crippen MR) is 133 cm³/mol. The van der Waals surface area contributed by atoms with Gasteiger partial charge in [0.25, 0.3) is 0 Å². The summed E-state index contributed by atoms with van der Waals surface area (Å²) >= 11 is 0. The summed E-state index contributed by atoms with van der Waals surface area (Å²) in [5.41, 5.74) is 4.28. The maximum Gasteiger partial charge on any atom is 0.335 e. The van der Waals surface area contributed by atoms with Crippen molar-refractivity contribution in [1.82, 2.24) is 19.6 Å². The summed E-state index contributed by atoms with van der Waals surface area (Å²) in [5.74, 6) is -1.54. The Balaban J connectivity index is 1.23. The number of imide groups is 2. The molecule has 35 heavy (non-hydrogen) atoms. The van der Waals surface area contributed by atoms with Crippen LogP contribution in [-0.2, 0) is 14.4 Å². The van der Waals surface area contributed by atoms with Gasteiger partial charge in [0.1, 0.15) is 0 Å². The van der Waals surface area contributed by atoms with Crippen LogP contribution in [0, 0.1) is 13.8 Å². The van der Waals surface area contributed by atoms with E-state index in [1.165, 1.54) is 12.0 Å². The molecule has 9 nitrogen and oxygen atoms in total. The molecule has 0 unspecified atom stereocenters. The van der Waals surface area contributed by atoms with Gasteiger partial charge in [0.2, 0.25) is 5.91 Å². The minimum Gasteiger partial charge on any atom is -0.325 e. The predicted octanol–water partition coefficient (Wildman–Crippen LogP) is 2.50. The molecule has 1 aromatic carbocycles. The Kier molecular flexibility index (Phi) is 7.97. The summed E-state index contributed by atoms with van der Waals surface area (Å²) < 4.78 is 0. The number of nitrogens with one attached hydrogen (secondary N) is 1. The number of amides is 5. The monoisotopic (exact) mass is 481 g/mol. The molecule has 0 radical (unpaired) electrons. The number of aryl methyl sites for hydroxylation is 1. The van der Waals surface area contributed by atoms with Crippen molar-refractivity contribution in [2.45, 2.75) is 46.0 Å². The van der Waals surface area contributed by atoms with Crippen LogP contribution in [0.15, 0.2) is 29.8 Å². The zero-order valence-corrected chi connectivity index (χ0v) is 20.7. The molecular formula is C26H35N5O4. The van der Waals surface area contributed by atoms with E-state index in [2.05, 4.69) is 16.3 Å². The van der Waals surface area contributed by atoms with Gasteiger partial charge in [-0.05, 0) is 63.1 Å². The molecule has 0 spiro atoms. The molecule has 0 saturated carbocycles. The zero-order valence-electron chi connectivity index (χ0n) is 20.7. The van der Waals surface area contributed by atoms with E-state index in [0.717, 1.165) is 45.9 Å². The molecule has 5 amide bonds. The van der Waals surface area contributed by atoms with Crippen LogP contribution in [0.4, 0.5) is 10.5 Å². The van der Waals surface area contributed by atoms with Crippen LogP contribution in [0.2, 0.25) is 0 Å². The summed E-state index contributed by atoms with van der Waals surface area (Å²) in [6.45, 7) is 7.14. The SMILES string of the molecule is Cc1cccc(NC(=O)CN2CCN(CN3C(=O)C(=O)N(CCC4=CCCCC4)C3=O)CC2)c1C. The maximum absolute atomic E-state index is 12.8. The molecular weight excluding hydrogens is 446 g/mol. The van der Waals surface area contributed by atoms with Gasteiger partial charge in [0.05, 0.1) is 13.2 Å². The third-order valence-electron chi connectivity index (χ3n) is 7.23. The second-order valence-electron chi connectivity index (χ2n) is 9.66. The third kappa shape index (κ3) is 5.97. The first kappa shape index (κ1) is 25.1. The van der Waals surface area contributed by atoms with Crippen molar-refractivity contribution in [2.24, 2.45) is 0 Å². The quantitative estimate of drug-likeness (QED) is 0.348. The standard InChI is InChI=1S/C26H35N5O4/c1-19-7-6-10-22(20(19)2)27-23(32)17-28-13-15-29(16-14-28)18-31-25(34)24(33)30(26(31)35)12-11-21-8-4-3-5-9-21/h6-8,10H,3-5,9,11-18H2,1-2H3,(H,27,32). The molecule has 3 aliphatic rings. The summed E-state index contributed by atoms with van der Waals surface area (Å²) in [6, 6.07) is 5.32. The molecule has 0 atom stereocenters. The highest BCUT2D eigenvalue weighted by Crippen LogP contribution is 2.22. The van der Waals surface area contributed by atoms with Gasteiger partial charge >= 0.3 is 17.8 Å². The van der Waals surface area contributed by atoms with Gasteiger partial charge in [-0.2, -0.15) is 0 Å². The lowest BCUT2D eigenvalue weighted by Crippen LogP contribution is -2.52. The van der Waals surface area contributed by atoms with E-state index >= 15 is 0 Å². The number of rotatable bonds is 8. The second kappa shape index (κ2) is 11.1. The lowest BCUT2D eigenvalue weighted by Gasteiger charge is -2.35. The van der Waals surface area contributed by atoms with Crippen molar-refractivity contribution >= 4 is 29.4 Å². The van der Waals surface area contributed by atoms with Gasteiger partial charge in [-0.3, -0.25) is 29.1 Å². The molecule has 2 fully saturated rings. The van der Waals surface area contributed by atoms with E-state index in [-0.39, 0.29) is 25.7 Å². The minimum absolute atomic E-state index is 0.0635. The molecule has 0 bridgehead atoms. The van der Waals surface area contributed by atoms with Crippen LogP contribution in [-0.4, -0.2) is 89.3 Å². The number of piperazine rings is 1. The molecule has 2 saturated heterocycles. The average molecular weight is 482 g/mol. The number of urea groups is 1. The van der Waals surface area contributed by atoms with Crippen molar-refractivity contribution in [3.63, 3.8) is 0 Å². The Labute approximate surface area is 206 Å². The molecule has 0 aromatic heterocycles. The average Bonchev–Trinajstić information content (AvgIpc) is 3.05. The molecule has 9 heteroatoms. The van der Waals surface area contributed by atoms with E-state index in [4.69, 9.17) is 0 Å². The Morgan fingerprint density at radius 1 is 0.943 bits per heavy atom. The lowest BCUT2D eigenvalue weighted by molar-refractivity contribution is -0.144. The van der Waals surface area contributed by atoms with Gasteiger partial charge in [0.15, 0.2) is 0 Å². The number of allylic oxidation sites excluding steroid dienone is 1. The van der Waals surface area contributed by atoms with Crippen molar-refractivity contribution < 1.29 is 19.2 Å². The normalized spacial score (nSPS) is 19.9. The Morgan fingerprint density at radius 2 is 1.66 bits per heavy atom. The van der Waals surface area contributed by atoms with Crippen molar-refractivity contribution in [3.05, 3.63) is 41.0 Å². The van der Waals surface area contributed by atoms with Gasteiger partial charge in [-0.15, -0.1) is 0 Å². The molecule has 4 rings (SSSR count). The Morgan fingerprint density at radius 3 is 2.37 bits per heavy atom. The molecule has 1 aromatic rings. The second-order valence-corrected chi connectivity index (χ2v) is 9.66. The van der Waals surface area contributed by atoms with E-state index in [9.17, 15) is 19.2 Å². The van der Waals surface area contributed by atoms with E-state index in [1.54, 1.807) is 0 Å². The highest BCUT2D eigenvalue weighted by molar-refractivity contribution is 6.44. The topological polar surface area (TPSA) is 93.3 Å². The number of nitrogens with zero attached hydrogens (tertiary/aromatic N) is 4. The van der Waals surface area contributed by atoms with Crippen molar-refractivity contribution in [2.75, 3.05) is 51.3 Å². The fourth-order valence-electron chi connectivity index (χ4n) is 4.83. The largest absolute Gasteiger partial charge is 0.335 e. The highest BCUT2D eigenvalue weighted by atomic mass is 16.2. The van der Waals surface area contributed by atoms with Crippen molar-refractivity contribution in [3.8, 4) is 0 Å². The number of hydrogen-bond acceptors (Lipinski definition) is 6. The summed E-state index contributed by atoms with van der Waals surface area (Å²) in [4.78, 5) is 56.4. The van der Waals surface area contributed by atoms with Gasteiger partial charge < -0.3 is 5.32 Å². The number of benzene rings is 1. The first-order valence-electron chi connectivity index (χ1n) is 12.5. The number of carbonyl (C=O) groups is 4. The van der Waals surface area contributed by atoms with E-state index < -0.39 is 17.8 Å². The van der Waals surface area contributed by atoms with Gasteiger partial charge in [-0.1, -0.05) is 23.8 Å². The number of hydrogen-bond donors (Lipinski definition) is 1. The van der Waals surface area contributed by atoms with Crippen LogP contribution >= 0.6 is 0 Å². The van der Waals surface area contributed by atoms with Gasteiger partial charge in [-0.25, -0.2) is 9.69 Å². The first-order chi connectivity index (χ1) is 16.8. The fraction of sp³-hybridized carbons (Fsp3) is 0.538. The lowest BCUT2D eigenvalue weighted by atomic mass is 9.97.